The summed E-state index contributed by atoms with van der Waals surface area (Å²) in [4.78, 5) is 0. The molecule has 3 atom stereocenters. The van der Waals surface area contributed by atoms with Crippen molar-refractivity contribution in [1.29, 1.82) is 0 Å². The van der Waals surface area contributed by atoms with Gasteiger partial charge in [-0.3, -0.25) is 0 Å². The molecule has 1 heteroatoms. The normalized spacial score (nSPS) is 30.9. The quantitative estimate of drug-likeness (QED) is 0.686. The third-order valence-corrected chi connectivity index (χ3v) is 4.17. The van der Waals surface area contributed by atoms with Crippen LogP contribution in [0.4, 0.5) is 4.39 Å². The molecule has 1 aliphatic rings. The van der Waals surface area contributed by atoms with Crippen LogP contribution >= 0.6 is 0 Å². The van der Waals surface area contributed by atoms with Gasteiger partial charge in [-0.2, -0.15) is 0 Å². The van der Waals surface area contributed by atoms with Crippen molar-refractivity contribution < 1.29 is 4.39 Å². The van der Waals surface area contributed by atoms with E-state index < -0.39 is 5.67 Å². The lowest BCUT2D eigenvalue weighted by Gasteiger charge is -2.40. The van der Waals surface area contributed by atoms with Crippen LogP contribution in [-0.4, -0.2) is 5.67 Å². The molecule has 0 saturated heterocycles. The number of halogens is 1. The summed E-state index contributed by atoms with van der Waals surface area (Å²) in [6.45, 7) is 6.16. The van der Waals surface area contributed by atoms with Crippen molar-refractivity contribution >= 4 is 0 Å². The van der Waals surface area contributed by atoms with E-state index in [4.69, 9.17) is 0 Å². The molecule has 0 radical (unpaired) electrons. The Balaban J connectivity index is 2.14. The summed E-state index contributed by atoms with van der Waals surface area (Å²) in [7, 11) is 0. The Bertz CT molecular complexity index is 350. The smallest absolute Gasteiger partial charge is 0.115 e. The zero-order valence-electron chi connectivity index (χ0n) is 10.5. The summed E-state index contributed by atoms with van der Waals surface area (Å²) >= 11 is 0. The van der Waals surface area contributed by atoms with Crippen LogP contribution in [0.2, 0.25) is 0 Å². The van der Waals surface area contributed by atoms with Gasteiger partial charge in [-0.25, -0.2) is 4.39 Å². The third kappa shape index (κ3) is 2.00. The van der Waals surface area contributed by atoms with Crippen molar-refractivity contribution in [3.63, 3.8) is 0 Å². The van der Waals surface area contributed by atoms with Crippen molar-refractivity contribution in [2.45, 2.75) is 57.5 Å². The lowest BCUT2D eigenvalue weighted by atomic mass is 9.68. The Labute approximate surface area is 97.9 Å². The minimum Gasteiger partial charge on any atom is -0.244 e. The minimum atomic E-state index is -0.974. The van der Waals surface area contributed by atoms with Crippen LogP contribution in [0, 0.1) is 0 Å². The number of alkyl halides is 1. The van der Waals surface area contributed by atoms with Gasteiger partial charge in [-0.1, -0.05) is 38.1 Å². The van der Waals surface area contributed by atoms with E-state index >= 15 is 0 Å². The molecule has 88 valence electrons. The topological polar surface area (TPSA) is 0 Å². The van der Waals surface area contributed by atoms with Crippen molar-refractivity contribution in [3.8, 4) is 0 Å². The van der Waals surface area contributed by atoms with Gasteiger partial charge in [0.05, 0.1) is 0 Å². The van der Waals surface area contributed by atoms with E-state index in [1.54, 1.807) is 6.92 Å². The molecule has 0 aliphatic heterocycles. The van der Waals surface area contributed by atoms with Crippen LogP contribution in [0.1, 0.15) is 63.0 Å². The lowest BCUT2D eigenvalue weighted by Crippen LogP contribution is -2.37. The summed E-state index contributed by atoms with van der Waals surface area (Å²) < 4.78 is 13.9. The van der Waals surface area contributed by atoms with Gasteiger partial charge in [0.2, 0.25) is 0 Å². The second-order valence-electron chi connectivity index (χ2n) is 5.35. The molecule has 2 rings (SSSR count). The Morgan fingerprint density at radius 1 is 1.38 bits per heavy atom. The van der Waals surface area contributed by atoms with E-state index in [0.717, 1.165) is 12.8 Å². The minimum absolute atomic E-state index is 0.124. The van der Waals surface area contributed by atoms with Crippen molar-refractivity contribution in [3.05, 3.63) is 35.4 Å². The highest BCUT2D eigenvalue weighted by Gasteiger charge is 2.43. The Hall–Kier alpha value is -0.850. The molecule has 0 nitrogen and oxygen atoms in total. The first kappa shape index (κ1) is 11.6. The molecule has 16 heavy (non-hydrogen) atoms. The molecule has 1 aromatic rings. The van der Waals surface area contributed by atoms with Gasteiger partial charge >= 0.3 is 0 Å². The Kier molecular flexibility index (Phi) is 3.05. The molecule has 0 spiro atoms. The summed E-state index contributed by atoms with van der Waals surface area (Å²) in [5.41, 5.74) is 1.56. The van der Waals surface area contributed by atoms with Gasteiger partial charge in [0.25, 0.3) is 0 Å². The highest BCUT2D eigenvalue weighted by molar-refractivity contribution is 5.31. The zero-order valence-corrected chi connectivity index (χ0v) is 10.5. The molecule has 1 fully saturated rings. The van der Waals surface area contributed by atoms with Crippen LogP contribution in [0.15, 0.2) is 24.3 Å². The lowest BCUT2D eigenvalue weighted by molar-refractivity contribution is 0.0513. The third-order valence-electron chi connectivity index (χ3n) is 4.17. The molecule has 1 saturated carbocycles. The second kappa shape index (κ2) is 4.20. The molecule has 0 N–H and O–H groups in total. The van der Waals surface area contributed by atoms with Crippen molar-refractivity contribution in [1.82, 2.24) is 0 Å². The number of rotatable bonds is 3. The van der Waals surface area contributed by atoms with Crippen LogP contribution in [-0.2, 0) is 0 Å². The predicted octanol–water partition coefficient (Wildman–Crippen LogP) is 4.81. The van der Waals surface area contributed by atoms with Gasteiger partial charge in [0, 0.05) is 5.92 Å². The van der Waals surface area contributed by atoms with E-state index in [9.17, 15) is 4.39 Å². The first-order valence-electron chi connectivity index (χ1n) is 6.33. The number of hydrogen-bond acceptors (Lipinski definition) is 0. The van der Waals surface area contributed by atoms with Crippen molar-refractivity contribution in [2.75, 3.05) is 0 Å². The van der Waals surface area contributed by atoms with Crippen LogP contribution in [0.5, 0.6) is 0 Å². The average Bonchev–Trinajstić information content (AvgIpc) is 2.28. The first-order chi connectivity index (χ1) is 7.54. The molecule has 0 amide bonds. The maximum Gasteiger partial charge on any atom is 0.115 e. The van der Waals surface area contributed by atoms with E-state index in [0.29, 0.717) is 12.3 Å². The van der Waals surface area contributed by atoms with E-state index in [1.165, 1.54) is 11.1 Å². The number of benzene rings is 1. The van der Waals surface area contributed by atoms with Crippen molar-refractivity contribution in [2.24, 2.45) is 0 Å². The first-order valence-corrected chi connectivity index (χ1v) is 6.33. The summed E-state index contributed by atoms with van der Waals surface area (Å²) in [5, 5.41) is 0. The molecule has 0 aromatic heterocycles. The van der Waals surface area contributed by atoms with Crippen LogP contribution in [0.3, 0.4) is 0 Å². The molecule has 3 unspecified atom stereocenters. The average molecular weight is 220 g/mol. The largest absolute Gasteiger partial charge is 0.244 e. The zero-order chi connectivity index (χ0) is 11.8. The fourth-order valence-corrected chi connectivity index (χ4v) is 2.49. The molecule has 0 heterocycles. The van der Waals surface area contributed by atoms with Crippen LogP contribution < -0.4 is 0 Å². The number of hydrogen-bond donors (Lipinski definition) is 0. The maximum absolute atomic E-state index is 13.9. The maximum atomic E-state index is 13.9. The van der Waals surface area contributed by atoms with Crippen LogP contribution in [0.25, 0.3) is 0 Å². The molecular formula is C15H21F. The molecule has 1 aromatic carbocycles. The fraction of sp³-hybridized carbons (Fsp3) is 0.600. The second-order valence-corrected chi connectivity index (χ2v) is 5.35. The van der Waals surface area contributed by atoms with Gasteiger partial charge in [-0.15, -0.1) is 0 Å². The molecule has 1 aliphatic carbocycles. The monoisotopic (exact) mass is 220 g/mol. The highest BCUT2D eigenvalue weighted by Crippen LogP contribution is 2.48. The highest BCUT2D eigenvalue weighted by atomic mass is 19.1. The SMILES string of the molecule is CCC(C)c1ccc(C2CCC2(C)F)cc1. The molecular weight excluding hydrogens is 199 g/mol. The standard InChI is InChI=1S/C15H21F/c1-4-11(2)12-5-7-13(8-6-12)14-9-10-15(14,3)16/h5-8,11,14H,4,9-10H2,1-3H3. The van der Waals surface area contributed by atoms with Gasteiger partial charge < -0.3 is 0 Å². The van der Waals surface area contributed by atoms with E-state index in [-0.39, 0.29) is 5.92 Å². The Morgan fingerprint density at radius 2 is 2.00 bits per heavy atom. The summed E-state index contributed by atoms with van der Waals surface area (Å²) in [6, 6.07) is 8.56. The summed E-state index contributed by atoms with van der Waals surface area (Å²) in [6.07, 6.45) is 2.87. The summed E-state index contributed by atoms with van der Waals surface area (Å²) in [5.74, 6) is 0.727. The van der Waals surface area contributed by atoms with Gasteiger partial charge in [0.1, 0.15) is 5.67 Å². The van der Waals surface area contributed by atoms with Gasteiger partial charge in [-0.05, 0) is 43.2 Å². The van der Waals surface area contributed by atoms with E-state index in [1.807, 2.05) is 0 Å². The Morgan fingerprint density at radius 3 is 2.38 bits per heavy atom. The van der Waals surface area contributed by atoms with E-state index in [2.05, 4.69) is 38.1 Å². The fourth-order valence-electron chi connectivity index (χ4n) is 2.49. The van der Waals surface area contributed by atoms with Gasteiger partial charge in [0.15, 0.2) is 0 Å². The molecule has 0 bridgehead atoms. The predicted molar refractivity (Wildman–Crippen MR) is 66.6 cm³/mol.